The average molecular weight is 478 g/mol. The van der Waals surface area contributed by atoms with Crippen LogP contribution in [0.3, 0.4) is 0 Å². The number of pyridine rings is 1. The van der Waals surface area contributed by atoms with Gasteiger partial charge < -0.3 is 20.5 Å². The molecular formula is C25H35N9O. The summed E-state index contributed by atoms with van der Waals surface area (Å²) in [4.78, 5) is 36.3. The Morgan fingerprint density at radius 2 is 1.83 bits per heavy atom. The Labute approximate surface area is 206 Å². The zero-order valence-corrected chi connectivity index (χ0v) is 20.6. The fraction of sp³-hybridized carbons (Fsp3) is 0.520. The number of carbonyl (C=O) groups excluding carboxylic acids is 1. The van der Waals surface area contributed by atoms with Crippen LogP contribution in [0.15, 0.2) is 30.6 Å². The van der Waals surface area contributed by atoms with Gasteiger partial charge in [0.1, 0.15) is 17.2 Å². The molecule has 0 unspecified atom stereocenters. The third kappa shape index (κ3) is 5.71. The molecule has 2 saturated heterocycles. The number of H-pyrrole nitrogens is 1. The van der Waals surface area contributed by atoms with Gasteiger partial charge in [-0.25, -0.2) is 9.97 Å². The number of piperazine rings is 1. The lowest BCUT2D eigenvalue weighted by Gasteiger charge is -2.38. The molecule has 0 aromatic carbocycles. The fourth-order valence-corrected chi connectivity index (χ4v) is 4.75. The van der Waals surface area contributed by atoms with Crippen LogP contribution in [0, 0.1) is 0 Å². The molecule has 0 aliphatic carbocycles. The molecule has 0 bridgehead atoms. The molecular weight excluding hydrogens is 442 g/mol. The summed E-state index contributed by atoms with van der Waals surface area (Å²) in [6.45, 7) is 11.3. The van der Waals surface area contributed by atoms with Crippen LogP contribution < -0.4 is 15.5 Å². The Balaban J connectivity index is 1.18. The fourth-order valence-electron chi connectivity index (χ4n) is 4.75. The summed E-state index contributed by atoms with van der Waals surface area (Å²) in [5, 5.41) is 6.96. The van der Waals surface area contributed by atoms with Crippen molar-refractivity contribution in [3.8, 4) is 0 Å². The second kappa shape index (κ2) is 10.6. The highest BCUT2D eigenvalue weighted by molar-refractivity contribution is 5.97. The number of rotatable bonds is 7. The van der Waals surface area contributed by atoms with Crippen LogP contribution in [0.25, 0.3) is 11.0 Å². The predicted octanol–water partition coefficient (Wildman–Crippen LogP) is 2.80. The van der Waals surface area contributed by atoms with E-state index < -0.39 is 0 Å². The first-order valence-corrected chi connectivity index (χ1v) is 12.6. The first-order chi connectivity index (χ1) is 17.0. The Bertz CT molecular complexity index is 1130. The lowest BCUT2D eigenvalue weighted by Crippen LogP contribution is -2.48. The van der Waals surface area contributed by atoms with E-state index in [1.54, 1.807) is 12.3 Å². The van der Waals surface area contributed by atoms with Gasteiger partial charge in [-0.3, -0.25) is 14.6 Å². The molecule has 3 aromatic rings. The third-order valence-corrected chi connectivity index (χ3v) is 6.92. The second-order valence-corrected chi connectivity index (χ2v) is 9.67. The number of anilines is 3. The van der Waals surface area contributed by atoms with Gasteiger partial charge in [0.25, 0.3) is 5.91 Å². The van der Waals surface area contributed by atoms with Gasteiger partial charge in [-0.1, -0.05) is 6.42 Å². The van der Waals surface area contributed by atoms with E-state index in [2.05, 4.69) is 65.2 Å². The molecule has 3 aromatic heterocycles. The molecule has 3 N–H and O–H groups in total. The number of carbonyl (C=O) groups is 1. The minimum atomic E-state index is -0.130. The highest BCUT2D eigenvalue weighted by Gasteiger charge is 2.19. The van der Waals surface area contributed by atoms with Crippen molar-refractivity contribution in [3.05, 3.63) is 36.3 Å². The molecule has 5 heterocycles. The number of nitrogens with one attached hydrogen (secondary N) is 3. The van der Waals surface area contributed by atoms with Gasteiger partial charge in [0, 0.05) is 43.8 Å². The summed E-state index contributed by atoms with van der Waals surface area (Å²) in [6, 6.07) is 6.41. The summed E-state index contributed by atoms with van der Waals surface area (Å²) >= 11 is 0. The van der Waals surface area contributed by atoms with Gasteiger partial charge in [0.05, 0.1) is 18.6 Å². The summed E-state index contributed by atoms with van der Waals surface area (Å²) in [5.74, 6) is 0.986. The molecule has 0 saturated carbocycles. The number of nitrogens with zero attached hydrogens (tertiary/aromatic N) is 6. The lowest BCUT2D eigenvalue weighted by atomic mass is 10.1. The van der Waals surface area contributed by atoms with Crippen molar-refractivity contribution in [2.24, 2.45) is 0 Å². The van der Waals surface area contributed by atoms with Crippen molar-refractivity contribution < 1.29 is 4.79 Å². The maximum Gasteiger partial charge on any atom is 0.268 e. The largest absolute Gasteiger partial charge is 0.368 e. The Morgan fingerprint density at radius 1 is 1.03 bits per heavy atom. The van der Waals surface area contributed by atoms with E-state index >= 15 is 0 Å². The first-order valence-electron chi connectivity index (χ1n) is 12.6. The standard InChI is InChI=1S/C25H35N9O/c1-18(2)33-10-12-34(13-11-33)20-6-7-22(26-16-20)30-25-27-15-19-14-21(29-23(19)31-25)24(35)28-17-32-8-4-3-5-9-32/h6-7,14-16,18H,3-5,8-13,17H2,1-2H3,(H,28,35)(H2,26,27,29,30,31). The van der Waals surface area contributed by atoms with E-state index in [9.17, 15) is 4.79 Å². The third-order valence-electron chi connectivity index (χ3n) is 6.92. The lowest BCUT2D eigenvalue weighted by molar-refractivity contribution is 0.0910. The minimum absolute atomic E-state index is 0.130. The van der Waals surface area contributed by atoms with E-state index in [1.165, 1.54) is 19.3 Å². The van der Waals surface area contributed by atoms with Gasteiger partial charge in [-0.05, 0) is 58.0 Å². The molecule has 186 valence electrons. The number of likely N-dealkylation sites (tertiary alicyclic amines) is 1. The van der Waals surface area contributed by atoms with Gasteiger partial charge >= 0.3 is 0 Å². The van der Waals surface area contributed by atoms with Gasteiger partial charge in [-0.15, -0.1) is 0 Å². The van der Waals surface area contributed by atoms with Crippen molar-refractivity contribution in [1.29, 1.82) is 0 Å². The van der Waals surface area contributed by atoms with Gasteiger partial charge in [0.2, 0.25) is 5.95 Å². The van der Waals surface area contributed by atoms with Crippen LogP contribution in [0.1, 0.15) is 43.6 Å². The summed E-state index contributed by atoms with van der Waals surface area (Å²) in [6.07, 6.45) is 7.27. The number of piperidine rings is 1. The molecule has 0 radical (unpaired) electrons. The molecule has 2 aliphatic rings. The smallest absolute Gasteiger partial charge is 0.268 e. The maximum atomic E-state index is 12.6. The predicted molar refractivity (Wildman–Crippen MR) is 138 cm³/mol. The average Bonchev–Trinajstić information content (AvgIpc) is 3.32. The molecule has 5 rings (SSSR count). The number of hydrogen-bond acceptors (Lipinski definition) is 8. The van der Waals surface area contributed by atoms with Crippen molar-refractivity contribution >= 4 is 34.4 Å². The highest BCUT2D eigenvalue weighted by Crippen LogP contribution is 2.20. The van der Waals surface area contributed by atoms with Crippen molar-refractivity contribution in [1.82, 2.24) is 35.1 Å². The van der Waals surface area contributed by atoms with E-state index in [-0.39, 0.29) is 5.91 Å². The topological polar surface area (TPSA) is 105 Å². The molecule has 35 heavy (non-hydrogen) atoms. The Morgan fingerprint density at radius 3 is 2.54 bits per heavy atom. The monoisotopic (exact) mass is 477 g/mol. The number of amides is 1. The number of hydrogen-bond donors (Lipinski definition) is 3. The summed E-state index contributed by atoms with van der Waals surface area (Å²) < 4.78 is 0. The van der Waals surface area contributed by atoms with Gasteiger partial charge in [-0.2, -0.15) is 4.98 Å². The molecule has 0 atom stereocenters. The quantitative estimate of drug-likeness (QED) is 0.477. The van der Waals surface area contributed by atoms with Crippen molar-refractivity contribution in [3.63, 3.8) is 0 Å². The summed E-state index contributed by atoms with van der Waals surface area (Å²) in [7, 11) is 0. The van der Waals surface area contributed by atoms with Crippen LogP contribution in [-0.2, 0) is 0 Å². The van der Waals surface area contributed by atoms with E-state index in [0.717, 1.165) is 50.3 Å². The number of fused-ring (bicyclic) bond motifs is 1. The van der Waals surface area contributed by atoms with Crippen molar-refractivity contribution in [2.45, 2.75) is 39.2 Å². The zero-order valence-electron chi connectivity index (χ0n) is 20.6. The number of aromatic amines is 1. The molecule has 2 fully saturated rings. The highest BCUT2D eigenvalue weighted by atomic mass is 16.2. The number of aromatic nitrogens is 4. The van der Waals surface area contributed by atoms with E-state index in [4.69, 9.17) is 0 Å². The minimum Gasteiger partial charge on any atom is -0.368 e. The van der Waals surface area contributed by atoms with E-state index in [1.807, 2.05) is 12.3 Å². The summed E-state index contributed by atoms with van der Waals surface area (Å²) in [5.41, 5.74) is 2.23. The molecule has 10 nitrogen and oxygen atoms in total. The van der Waals surface area contributed by atoms with Crippen LogP contribution in [0.5, 0.6) is 0 Å². The van der Waals surface area contributed by atoms with Crippen molar-refractivity contribution in [2.75, 3.05) is 56.2 Å². The first kappa shape index (κ1) is 23.5. The SMILES string of the molecule is CC(C)N1CCN(c2ccc(Nc3ncc4cc(C(=O)NCN5CCCCC5)[nH]c4n3)nc2)CC1. The van der Waals surface area contributed by atoms with Crippen LogP contribution in [0.4, 0.5) is 17.5 Å². The zero-order chi connectivity index (χ0) is 24.2. The van der Waals surface area contributed by atoms with Crippen LogP contribution in [-0.4, -0.2) is 87.6 Å². The Kier molecular flexibility index (Phi) is 7.10. The molecule has 1 amide bonds. The normalized spacial score (nSPS) is 17.7. The maximum absolute atomic E-state index is 12.6. The molecule has 0 spiro atoms. The van der Waals surface area contributed by atoms with Gasteiger partial charge in [0.15, 0.2) is 0 Å². The molecule has 2 aliphatic heterocycles. The Hall–Kier alpha value is -3.24. The van der Waals surface area contributed by atoms with Crippen LogP contribution in [0.2, 0.25) is 0 Å². The van der Waals surface area contributed by atoms with E-state index in [0.29, 0.717) is 35.8 Å². The molecule has 10 heteroatoms. The second-order valence-electron chi connectivity index (χ2n) is 9.67. The van der Waals surface area contributed by atoms with Crippen LogP contribution >= 0.6 is 0 Å².